The molecule has 1 amide bonds. The van der Waals surface area contributed by atoms with Gasteiger partial charge in [0.2, 0.25) is 5.91 Å². The Balaban J connectivity index is 1.37. The highest BCUT2D eigenvalue weighted by molar-refractivity contribution is 7.10. The van der Waals surface area contributed by atoms with E-state index in [9.17, 15) is 4.79 Å². The van der Waals surface area contributed by atoms with Gasteiger partial charge in [-0.05, 0) is 53.3 Å². The molecular formula is C28H27NO4S. The lowest BCUT2D eigenvalue weighted by Crippen LogP contribution is -2.40. The number of nitrogens with zero attached hydrogens (tertiary/aromatic N) is 1. The molecule has 0 saturated heterocycles. The molecule has 0 bridgehead atoms. The van der Waals surface area contributed by atoms with Crippen LogP contribution >= 0.6 is 11.3 Å². The number of benzene rings is 2. The minimum atomic E-state index is -0.132. The molecule has 2 aromatic carbocycles. The first-order valence-corrected chi connectivity index (χ1v) is 12.3. The van der Waals surface area contributed by atoms with Gasteiger partial charge in [0, 0.05) is 29.8 Å². The quantitative estimate of drug-likeness (QED) is 0.324. The van der Waals surface area contributed by atoms with Crippen molar-refractivity contribution in [3.63, 3.8) is 0 Å². The molecule has 5 rings (SSSR count). The van der Waals surface area contributed by atoms with Gasteiger partial charge >= 0.3 is 0 Å². The van der Waals surface area contributed by atoms with Gasteiger partial charge in [0.05, 0.1) is 20.3 Å². The van der Waals surface area contributed by atoms with Crippen molar-refractivity contribution >= 4 is 17.2 Å². The third kappa shape index (κ3) is 4.33. The van der Waals surface area contributed by atoms with E-state index in [0.717, 1.165) is 39.7 Å². The zero-order valence-electron chi connectivity index (χ0n) is 19.3. The van der Waals surface area contributed by atoms with Crippen LogP contribution in [0.1, 0.15) is 34.2 Å². The van der Waals surface area contributed by atoms with Crippen molar-refractivity contribution in [2.24, 2.45) is 0 Å². The average molecular weight is 474 g/mol. The van der Waals surface area contributed by atoms with Crippen molar-refractivity contribution in [1.29, 1.82) is 0 Å². The summed E-state index contributed by atoms with van der Waals surface area (Å²) < 4.78 is 17.1. The second kappa shape index (κ2) is 9.77. The van der Waals surface area contributed by atoms with Gasteiger partial charge in [-0.25, -0.2) is 0 Å². The summed E-state index contributed by atoms with van der Waals surface area (Å²) in [5, 5.41) is 2.06. The van der Waals surface area contributed by atoms with Crippen LogP contribution < -0.4 is 9.47 Å². The van der Waals surface area contributed by atoms with Gasteiger partial charge in [-0.3, -0.25) is 4.79 Å². The molecule has 6 heteroatoms. The van der Waals surface area contributed by atoms with Crippen molar-refractivity contribution in [3.05, 3.63) is 93.9 Å². The first kappa shape index (κ1) is 22.3. The van der Waals surface area contributed by atoms with Gasteiger partial charge in [0.15, 0.2) is 11.5 Å². The standard InChI is InChI=1S/C28H27NO4S/c1-31-24-17-20-14-15-29(28(26-9-6-16-34-26)22(20)18-25(24)32-2)27(30)13-11-21-10-12-23(33-21)19-7-4-3-5-8-19/h3-10,12,16-18,28H,11,13-15H2,1-2H3. The van der Waals surface area contributed by atoms with Gasteiger partial charge in [-0.15, -0.1) is 11.3 Å². The lowest BCUT2D eigenvalue weighted by molar-refractivity contribution is -0.133. The molecule has 3 heterocycles. The van der Waals surface area contributed by atoms with Crippen molar-refractivity contribution in [1.82, 2.24) is 4.90 Å². The number of carbonyl (C=O) groups excluding carboxylic acids is 1. The topological polar surface area (TPSA) is 51.9 Å². The Labute approximate surface area is 203 Å². The molecule has 1 unspecified atom stereocenters. The summed E-state index contributed by atoms with van der Waals surface area (Å²) in [6.07, 6.45) is 1.74. The number of fused-ring (bicyclic) bond motifs is 1. The van der Waals surface area contributed by atoms with Crippen molar-refractivity contribution in [2.75, 3.05) is 20.8 Å². The maximum Gasteiger partial charge on any atom is 0.223 e. The molecule has 174 valence electrons. The summed E-state index contributed by atoms with van der Waals surface area (Å²) in [5.41, 5.74) is 3.33. The first-order valence-electron chi connectivity index (χ1n) is 11.4. The summed E-state index contributed by atoms with van der Waals surface area (Å²) in [6.45, 7) is 0.664. The zero-order chi connectivity index (χ0) is 23.5. The number of thiophene rings is 1. The van der Waals surface area contributed by atoms with E-state index in [2.05, 4.69) is 11.4 Å². The van der Waals surface area contributed by atoms with E-state index in [-0.39, 0.29) is 11.9 Å². The highest BCUT2D eigenvalue weighted by Crippen LogP contribution is 2.42. The fraction of sp³-hybridized carbons (Fsp3) is 0.250. The van der Waals surface area contributed by atoms with Crippen LogP contribution in [0, 0.1) is 0 Å². The number of ether oxygens (including phenoxy) is 2. The molecule has 0 radical (unpaired) electrons. The molecule has 1 atom stereocenters. The van der Waals surface area contributed by atoms with E-state index >= 15 is 0 Å². The minimum Gasteiger partial charge on any atom is -0.493 e. The number of hydrogen-bond donors (Lipinski definition) is 0. The molecular weight excluding hydrogens is 446 g/mol. The number of methoxy groups -OCH3 is 2. The summed E-state index contributed by atoms with van der Waals surface area (Å²) in [5.74, 6) is 3.17. The van der Waals surface area contributed by atoms with Crippen LogP contribution in [0.2, 0.25) is 0 Å². The third-order valence-corrected chi connectivity index (χ3v) is 7.24. The smallest absolute Gasteiger partial charge is 0.223 e. The number of furan rings is 1. The minimum absolute atomic E-state index is 0.122. The monoisotopic (exact) mass is 473 g/mol. The molecule has 0 saturated carbocycles. The van der Waals surface area contributed by atoms with Gasteiger partial charge in [0.1, 0.15) is 11.5 Å². The Morgan fingerprint density at radius 3 is 2.56 bits per heavy atom. The molecule has 0 N–H and O–H groups in total. The number of rotatable bonds is 7. The highest BCUT2D eigenvalue weighted by atomic mass is 32.1. The summed E-state index contributed by atoms with van der Waals surface area (Å²) in [4.78, 5) is 16.6. The van der Waals surface area contributed by atoms with E-state index in [4.69, 9.17) is 13.9 Å². The summed E-state index contributed by atoms with van der Waals surface area (Å²) >= 11 is 1.67. The maximum absolute atomic E-state index is 13.5. The van der Waals surface area contributed by atoms with Crippen LogP contribution in [0.3, 0.4) is 0 Å². The van der Waals surface area contributed by atoms with Crippen molar-refractivity contribution in [3.8, 4) is 22.8 Å². The number of aryl methyl sites for hydroxylation is 1. The summed E-state index contributed by atoms with van der Waals surface area (Å²) in [6, 6.07) is 22.0. The van der Waals surface area contributed by atoms with E-state index in [1.165, 1.54) is 5.56 Å². The Kier molecular flexibility index (Phi) is 6.41. The van der Waals surface area contributed by atoms with Crippen LogP contribution in [0.4, 0.5) is 0 Å². The van der Waals surface area contributed by atoms with Gasteiger partial charge in [-0.2, -0.15) is 0 Å². The number of hydrogen-bond acceptors (Lipinski definition) is 5. The Morgan fingerprint density at radius 2 is 1.82 bits per heavy atom. The summed E-state index contributed by atoms with van der Waals surface area (Å²) in [7, 11) is 3.29. The van der Waals surface area contributed by atoms with Gasteiger partial charge < -0.3 is 18.8 Å². The number of carbonyl (C=O) groups is 1. The molecule has 0 aliphatic carbocycles. The fourth-order valence-electron chi connectivity index (χ4n) is 4.61. The van der Waals surface area contributed by atoms with E-state index < -0.39 is 0 Å². The average Bonchev–Trinajstić information content (AvgIpc) is 3.59. The van der Waals surface area contributed by atoms with E-state index in [1.807, 2.05) is 65.6 Å². The van der Waals surface area contributed by atoms with Crippen molar-refractivity contribution in [2.45, 2.75) is 25.3 Å². The van der Waals surface area contributed by atoms with E-state index in [1.54, 1.807) is 25.6 Å². The number of amides is 1. The van der Waals surface area contributed by atoms with Gasteiger partial charge in [0.25, 0.3) is 0 Å². The largest absolute Gasteiger partial charge is 0.493 e. The molecule has 1 aliphatic rings. The lowest BCUT2D eigenvalue weighted by Gasteiger charge is -2.37. The molecule has 4 aromatic rings. The molecule has 34 heavy (non-hydrogen) atoms. The second-order valence-electron chi connectivity index (χ2n) is 8.29. The van der Waals surface area contributed by atoms with Crippen LogP contribution in [0.25, 0.3) is 11.3 Å². The lowest BCUT2D eigenvalue weighted by atomic mass is 9.90. The van der Waals surface area contributed by atoms with Crippen LogP contribution in [0.15, 0.2) is 76.5 Å². The van der Waals surface area contributed by atoms with Crippen molar-refractivity contribution < 1.29 is 18.7 Å². The normalized spacial score (nSPS) is 15.1. The first-order chi connectivity index (χ1) is 16.7. The maximum atomic E-state index is 13.5. The van der Waals surface area contributed by atoms with Crippen LogP contribution in [-0.4, -0.2) is 31.6 Å². The SMILES string of the molecule is COc1cc2c(cc1OC)C(c1cccs1)N(C(=O)CCc1ccc(-c3ccccc3)o1)CC2. The van der Waals surface area contributed by atoms with Crippen LogP contribution in [0.5, 0.6) is 11.5 Å². The highest BCUT2D eigenvalue weighted by Gasteiger charge is 2.33. The molecule has 0 spiro atoms. The van der Waals surface area contributed by atoms with Gasteiger partial charge in [-0.1, -0.05) is 36.4 Å². The third-order valence-electron chi connectivity index (χ3n) is 6.31. The zero-order valence-corrected chi connectivity index (χ0v) is 20.1. The molecule has 0 fully saturated rings. The fourth-order valence-corrected chi connectivity index (χ4v) is 5.47. The molecule has 2 aromatic heterocycles. The predicted octanol–water partition coefficient (Wildman–Crippen LogP) is 6.13. The Hall–Kier alpha value is -3.51. The Bertz CT molecular complexity index is 1260. The second-order valence-corrected chi connectivity index (χ2v) is 9.27. The van der Waals surface area contributed by atoms with E-state index in [0.29, 0.717) is 25.1 Å². The van der Waals surface area contributed by atoms with Crippen LogP contribution in [-0.2, 0) is 17.6 Å². The Morgan fingerprint density at radius 1 is 1.03 bits per heavy atom. The molecule has 1 aliphatic heterocycles. The predicted molar refractivity (Wildman–Crippen MR) is 134 cm³/mol. The molecule has 5 nitrogen and oxygen atoms in total.